The van der Waals surface area contributed by atoms with Gasteiger partial charge in [-0.2, -0.15) is 0 Å². The Bertz CT molecular complexity index is 508. The number of ketones is 1. The SMILES string of the molecule is CCOC(=O)C(=O)c1ccc(C2OCCCO2)c(F)c1. The maximum absolute atomic E-state index is 14.0. The van der Waals surface area contributed by atoms with Crippen molar-refractivity contribution in [3.05, 3.63) is 35.1 Å². The van der Waals surface area contributed by atoms with Crippen LogP contribution in [-0.2, 0) is 19.0 Å². The van der Waals surface area contributed by atoms with Crippen molar-refractivity contribution >= 4 is 11.8 Å². The Hall–Kier alpha value is -1.79. The predicted octanol–water partition coefficient (Wildman–Crippen LogP) is 2.01. The standard InChI is InChI=1S/C14H15FO5/c1-2-18-13(17)12(16)9-4-5-10(11(15)8-9)14-19-6-3-7-20-14/h4-5,8,14H,2-3,6-7H2,1H3. The molecule has 0 spiro atoms. The number of esters is 1. The molecule has 1 saturated heterocycles. The smallest absolute Gasteiger partial charge is 0.379 e. The van der Waals surface area contributed by atoms with E-state index >= 15 is 0 Å². The molecule has 5 nitrogen and oxygen atoms in total. The zero-order valence-corrected chi connectivity index (χ0v) is 11.1. The summed E-state index contributed by atoms with van der Waals surface area (Å²) >= 11 is 0. The number of carbonyl (C=O) groups excluding carboxylic acids is 2. The first kappa shape index (κ1) is 14.6. The molecule has 20 heavy (non-hydrogen) atoms. The van der Waals surface area contributed by atoms with Crippen LogP contribution in [0.4, 0.5) is 4.39 Å². The molecular weight excluding hydrogens is 267 g/mol. The lowest BCUT2D eigenvalue weighted by molar-refractivity contribution is -0.184. The predicted molar refractivity (Wildman–Crippen MR) is 66.6 cm³/mol. The van der Waals surface area contributed by atoms with Crippen LogP contribution < -0.4 is 0 Å². The minimum Gasteiger partial charge on any atom is -0.460 e. The number of benzene rings is 1. The lowest BCUT2D eigenvalue weighted by Gasteiger charge is -2.23. The van der Waals surface area contributed by atoms with Crippen molar-refractivity contribution in [3.63, 3.8) is 0 Å². The van der Waals surface area contributed by atoms with Gasteiger partial charge in [-0.25, -0.2) is 9.18 Å². The van der Waals surface area contributed by atoms with Crippen molar-refractivity contribution in [2.24, 2.45) is 0 Å². The third-order valence-electron chi connectivity index (χ3n) is 2.80. The Kier molecular flexibility index (Phi) is 4.81. The zero-order chi connectivity index (χ0) is 14.5. The van der Waals surface area contributed by atoms with Crippen LogP contribution in [0.1, 0.15) is 35.6 Å². The third-order valence-corrected chi connectivity index (χ3v) is 2.80. The Morgan fingerprint density at radius 2 is 2.05 bits per heavy atom. The van der Waals surface area contributed by atoms with Gasteiger partial charge in [0.25, 0.3) is 5.78 Å². The molecule has 1 fully saturated rings. The first-order valence-electron chi connectivity index (χ1n) is 6.37. The fourth-order valence-electron chi connectivity index (χ4n) is 1.84. The summed E-state index contributed by atoms with van der Waals surface area (Å²) < 4.78 is 29.1. The van der Waals surface area contributed by atoms with E-state index in [2.05, 4.69) is 4.74 Å². The molecule has 1 aliphatic rings. The molecule has 1 aliphatic heterocycles. The number of halogens is 1. The Morgan fingerprint density at radius 3 is 2.65 bits per heavy atom. The molecule has 0 aliphatic carbocycles. The number of hydrogen-bond donors (Lipinski definition) is 0. The Balaban J connectivity index is 2.16. The highest BCUT2D eigenvalue weighted by Crippen LogP contribution is 2.26. The average Bonchev–Trinajstić information content (AvgIpc) is 2.47. The molecule has 0 atom stereocenters. The topological polar surface area (TPSA) is 61.8 Å². The second-order valence-corrected chi connectivity index (χ2v) is 4.21. The molecule has 0 radical (unpaired) electrons. The van der Waals surface area contributed by atoms with E-state index < -0.39 is 23.9 Å². The van der Waals surface area contributed by atoms with Crippen LogP contribution in [0.15, 0.2) is 18.2 Å². The molecule has 1 aromatic carbocycles. The third kappa shape index (κ3) is 3.20. The van der Waals surface area contributed by atoms with Crippen molar-refractivity contribution in [1.82, 2.24) is 0 Å². The van der Waals surface area contributed by atoms with Gasteiger partial charge in [-0.15, -0.1) is 0 Å². The monoisotopic (exact) mass is 282 g/mol. The number of rotatable bonds is 4. The van der Waals surface area contributed by atoms with Gasteiger partial charge in [0, 0.05) is 11.1 Å². The number of ether oxygens (including phenoxy) is 3. The molecular formula is C14H15FO5. The second-order valence-electron chi connectivity index (χ2n) is 4.21. The van der Waals surface area contributed by atoms with Crippen LogP contribution in [0, 0.1) is 5.82 Å². The van der Waals surface area contributed by atoms with Crippen molar-refractivity contribution < 1.29 is 28.2 Å². The molecule has 0 amide bonds. The van der Waals surface area contributed by atoms with Gasteiger partial charge in [-0.3, -0.25) is 4.79 Å². The van der Waals surface area contributed by atoms with E-state index in [-0.39, 0.29) is 17.7 Å². The summed E-state index contributed by atoms with van der Waals surface area (Å²) in [6.07, 6.45) is -0.00660. The van der Waals surface area contributed by atoms with Crippen molar-refractivity contribution in [1.29, 1.82) is 0 Å². The zero-order valence-electron chi connectivity index (χ0n) is 11.1. The van der Waals surface area contributed by atoms with Crippen molar-refractivity contribution in [2.45, 2.75) is 19.6 Å². The van der Waals surface area contributed by atoms with E-state index in [1.807, 2.05) is 0 Å². The molecule has 1 aromatic rings. The largest absolute Gasteiger partial charge is 0.460 e. The van der Waals surface area contributed by atoms with E-state index in [0.29, 0.717) is 13.2 Å². The van der Waals surface area contributed by atoms with Crippen molar-refractivity contribution in [3.8, 4) is 0 Å². The Morgan fingerprint density at radius 1 is 1.35 bits per heavy atom. The fourth-order valence-corrected chi connectivity index (χ4v) is 1.84. The lowest BCUT2D eigenvalue weighted by atomic mass is 10.1. The van der Waals surface area contributed by atoms with Gasteiger partial charge < -0.3 is 14.2 Å². The summed E-state index contributed by atoms with van der Waals surface area (Å²) in [6, 6.07) is 3.74. The van der Waals surface area contributed by atoms with Crippen LogP contribution in [0.5, 0.6) is 0 Å². The van der Waals surface area contributed by atoms with E-state index in [4.69, 9.17) is 9.47 Å². The number of hydrogen-bond acceptors (Lipinski definition) is 5. The van der Waals surface area contributed by atoms with Crippen LogP contribution in [0.25, 0.3) is 0 Å². The summed E-state index contributed by atoms with van der Waals surface area (Å²) in [5.41, 5.74) is 0.158. The van der Waals surface area contributed by atoms with E-state index in [1.54, 1.807) is 6.92 Å². The highest BCUT2D eigenvalue weighted by molar-refractivity contribution is 6.40. The highest BCUT2D eigenvalue weighted by Gasteiger charge is 2.23. The first-order valence-corrected chi connectivity index (χ1v) is 6.37. The minimum atomic E-state index is -0.996. The highest BCUT2D eigenvalue weighted by atomic mass is 19.1. The molecule has 0 saturated carbocycles. The summed E-state index contributed by atoms with van der Waals surface area (Å²) in [5, 5.41) is 0. The quantitative estimate of drug-likeness (QED) is 0.480. The second kappa shape index (κ2) is 6.58. The maximum Gasteiger partial charge on any atom is 0.379 e. The number of Topliss-reactive ketones (excluding diaryl/α,β-unsaturated/α-hetero) is 1. The van der Waals surface area contributed by atoms with E-state index in [9.17, 15) is 14.0 Å². The van der Waals surface area contributed by atoms with Crippen LogP contribution in [0.2, 0.25) is 0 Å². The molecule has 0 N–H and O–H groups in total. The first-order chi connectivity index (χ1) is 9.63. The summed E-state index contributed by atoms with van der Waals surface area (Å²) in [4.78, 5) is 23.0. The van der Waals surface area contributed by atoms with Crippen LogP contribution >= 0.6 is 0 Å². The fraction of sp³-hybridized carbons (Fsp3) is 0.429. The Labute approximate surface area is 115 Å². The van der Waals surface area contributed by atoms with Crippen LogP contribution in [0.3, 0.4) is 0 Å². The molecule has 2 rings (SSSR count). The molecule has 6 heteroatoms. The molecule has 108 valence electrons. The van der Waals surface area contributed by atoms with Gasteiger partial charge in [0.1, 0.15) is 5.82 Å². The van der Waals surface area contributed by atoms with Gasteiger partial charge >= 0.3 is 5.97 Å². The summed E-state index contributed by atoms with van der Waals surface area (Å²) in [6.45, 7) is 2.67. The van der Waals surface area contributed by atoms with Gasteiger partial charge in [0.15, 0.2) is 6.29 Å². The van der Waals surface area contributed by atoms with Gasteiger partial charge in [-0.05, 0) is 19.4 Å². The van der Waals surface area contributed by atoms with Gasteiger partial charge in [0.05, 0.1) is 19.8 Å². The van der Waals surface area contributed by atoms with E-state index in [1.165, 1.54) is 12.1 Å². The maximum atomic E-state index is 14.0. The summed E-state index contributed by atoms with van der Waals surface area (Å²) in [5.74, 6) is -2.51. The van der Waals surface area contributed by atoms with Gasteiger partial charge in [-0.1, -0.05) is 12.1 Å². The molecule has 1 heterocycles. The average molecular weight is 282 g/mol. The molecule has 0 aromatic heterocycles. The van der Waals surface area contributed by atoms with Crippen molar-refractivity contribution in [2.75, 3.05) is 19.8 Å². The summed E-state index contributed by atoms with van der Waals surface area (Å²) in [7, 11) is 0. The van der Waals surface area contributed by atoms with Gasteiger partial charge in [0.2, 0.25) is 0 Å². The lowest BCUT2D eigenvalue weighted by Crippen LogP contribution is -2.20. The normalized spacial score (nSPS) is 15.9. The minimum absolute atomic E-state index is 0.0551. The number of carbonyl (C=O) groups is 2. The molecule has 0 bridgehead atoms. The van der Waals surface area contributed by atoms with E-state index in [0.717, 1.165) is 12.5 Å². The van der Waals surface area contributed by atoms with Crippen LogP contribution in [-0.4, -0.2) is 31.6 Å². The molecule has 0 unspecified atom stereocenters.